The van der Waals surface area contributed by atoms with E-state index in [1.54, 1.807) is 25.4 Å². The van der Waals surface area contributed by atoms with Gasteiger partial charge in [0.05, 0.1) is 17.1 Å². The summed E-state index contributed by atoms with van der Waals surface area (Å²) in [5.74, 6) is -0.255. The van der Waals surface area contributed by atoms with Gasteiger partial charge in [0.2, 0.25) is 15.0 Å². The normalized spacial score (nSPS) is 15.4. The van der Waals surface area contributed by atoms with Gasteiger partial charge in [-0.15, -0.1) is 0 Å². The van der Waals surface area contributed by atoms with E-state index in [0.717, 1.165) is 24.1 Å². The molecule has 0 amide bonds. The van der Waals surface area contributed by atoms with E-state index in [4.69, 9.17) is 4.74 Å². The zero-order valence-corrected chi connectivity index (χ0v) is 18.0. The van der Waals surface area contributed by atoms with Crippen LogP contribution in [0.3, 0.4) is 0 Å². The van der Waals surface area contributed by atoms with Gasteiger partial charge in [-0.25, -0.2) is 17.8 Å². The first kappa shape index (κ1) is 21.9. The monoisotopic (exact) mass is 423 g/mol. The van der Waals surface area contributed by atoms with Crippen LogP contribution in [0.25, 0.3) is 0 Å². The molecule has 0 bridgehead atoms. The Kier molecular flexibility index (Phi) is 7.43. The Hall–Kier alpha value is -1.77. The molecule has 160 valence electrons. The van der Waals surface area contributed by atoms with Crippen molar-refractivity contribution in [1.82, 2.24) is 14.5 Å². The lowest BCUT2D eigenvalue weighted by molar-refractivity contribution is 0.188. The van der Waals surface area contributed by atoms with Gasteiger partial charge in [0.15, 0.2) is 0 Å². The van der Waals surface area contributed by atoms with Crippen molar-refractivity contribution in [1.29, 1.82) is 0 Å². The average molecular weight is 424 g/mol. The maximum absolute atomic E-state index is 13.1. The highest BCUT2D eigenvalue weighted by Gasteiger charge is 2.34. The number of nitrogens with zero attached hydrogens (tertiary/aromatic N) is 3. The molecule has 0 N–H and O–H groups in total. The van der Waals surface area contributed by atoms with E-state index in [2.05, 4.69) is 9.88 Å². The van der Waals surface area contributed by atoms with Crippen LogP contribution in [0.4, 0.5) is 4.39 Å². The first-order valence-electron chi connectivity index (χ1n) is 10.1. The summed E-state index contributed by atoms with van der Waals surface area (Å²) in [6.45, 7) is 2.30. The molecule has 1 aliphatic rings. The summed E-state index contributed by atoms with van der Waals surface area (Å²) in [5, 5.41) is -0.137. The van der Waals surface area contributed by atoms with Gasteiger partial charge in [-0.1, -0.05) is 25.0 Å². The average Bonchev–Trinajstić information content (AvgIpc) is 3.35. The Bertz CT molecular complexity index is 890. The second-order valence-corrected chi connectivity index (χ2v) is 9.90. The summed E-state index contributed by atoms with van der Waals surface area (Å²) in [6, 6.07) is 6.42. The number of halogens is 1. The van der Waals surface area contributed by atoms with E-state index in [9.17, 15) is 12.8 Å². The van der Waals surface area contributed by atoms with Gasteiger partial charge in [-0.2, -0.15) is 0 Å². The van der Waals surface area contributed by atoms with Crippen LogP contribution < -0.4 is 0 Å². The fraction of sp³-hybridized carbons (Fsp3) is 0.571. The van der Waals surface area contributed by atoms with E-state index >= 15 is 0 Å². The van der Waals surface area contributed by atoms with Crippen molar-refractivity contribution >= 4 is 9.84 Å². The van der Waals surface area contributed by atoms with Gasteiger partial charge in [0, 0.05) is 33.4 Å². The third kappa shape index (κ3) is 5.43. The molecule has 0 radical (unpaired) electrons. The minimum Gasteiger partial charge on any atom is -0.385 e. The Morgan fingerprint density at radius 1 is 1.21 bits per heavy atom. The minimum absolute atomic E-state index is 0.186. The van der Waals surface area contributed by atoms with Crippen LogP contribution in [-0.4, -0.2) is 48.9 Å². The van der Waals surface area contributed by atoms with Crippen molar-refractivity contribution in [3.05, 3.63) is 47.5 Å². The Morgan fingerprint density at radius 2 is 1.90 bits per heavy atom. The molecule has 1 aliphatic carbocycles. The Labute approximate surface area is 172 Å². The van der Waals surface area contributed by atoms with Gasteiger partial charge in [0.25, 0.3) is 0 Å². The summed E-state index contributed by atoms with van der Waals surface area (Å²) >= 11 is 0. The lowest BCUT2D eigenvalue weighted by Gasteiger charge is -2.19. The Balaban J connectivity index is 1.79. The molecule has 6 nitrogen and oxygen atoms in total. The number of imidazole rings is 1. The highest BCUT2D eigenvalue weighted by Crippen LogP contribution is 2.30. The van der Waals surface area contributed by atoms with Crippen LogP contribution in [0.1, 0.15) is 43.4 Å². The first-order valence-corrected chi connectivity index (χ1v) is 11.7. The molecular weight excluding hydrogens is 393 g/mol. The number of sulfone groups is 1. The highest BCUT2D eigenvalue weighted by molar-refractivity contribution is 7.91. The van der Waals surface area contributed by atoms with Crippen LogP contribution in [0.5, 0.6) is 0 Å². The van der Waals surface area contributed by atoms with Gasteiger partial charge >= 0.3 is 0 Å². The lowest BCUT2D eigenvalue weighted by Crippen LogP contribution is -2.25. The summed E-state index contributed by atoms with van der Waals surface area (Å²) in [5.41, 5.74) is 1.86. The van der Waals surface area contributed by atoms with E-state index in [0.29, 0.717) is 45.5 Å². The molecule has 1 heterocycles. The fourth-order valence-electron chi connectivity index (χ4n) is 3.93. The smallest absolute Gasteiger partial charge is 0.228 e. The van der Waals surface area contributed by atoms with E-state index in [1.165, 1.54) is 12.1 Å². The van der Waals surface area contributed by atoms with Crippen molar-refractivity contribution in [2.24, 2.45) is 0 Å². The summed E-state index contributed by atoms with van der Waals surface area (Å²) in [6.07, 6.45) is 5.74. The second-order valence-electron chi connectivity index (χ2n) is 7.78. The molecule has 0 spiro atoms. The number of rotatable bonds is 10. The second kappa shape index (κ2) is 9.82. The molecule has 1 aromatic heterocycles. The van der Waals surface area contributed by atoms with Crippen LogP contribution in [0.2, 0.25) is 0 Å². The number of benzene rings is 1. The molecule has 8 heteroatoms. The molecule has 1 aromatic carbocycles. The molecule has 0 aliphatic heterocycles. The lowest BCUT2D eigenvalue weighted by atomic mass is 10.2. The molecule has 0 saturated heterocycles. The molecular formula is C21H30FN3O3S. The molecule has 0 unspecified atom stereocenters. The number of hydrogen-bond acceptors (Lipinski definition) is 5. The standard InChI is InChI=1S/C21H30FN3O3S/c1-24(15-17-8-10-18(22)11-9-17)16-19-14-23-21(25(19)12-5-13-28-2)29(26,27)20-6-3-4-7-20/h8-11,14,20H,3-7,12-13,15-16H2,1-2H3. The summed E-state index contributed by atoms with van der Waals surface area (Å²) in [4.78, 5) is 6.41. The highest BCUT2D eigenvalue weighted by atomic mass is 32.2. The summed E-state index contributed by atoms with van der Waals surface area (Å²) in [7, 11) is 0.165. The third-order valence-corrected chi connectivity index (χ3v) is 7.61. The topological polar surface area (TPSA) is 64.4 Å². The van der Waals surface area contributed by atoms with Crippen LogP contribution in [0.15, 0.2) is 35.6 Å². The van der Waals surface area contributed by atoms with E-state index < -0.39 is 9.84 Å². The van der Waals surface area contributed by atoms with Crippen molar-refractivity contribution in [3.8, 4) is 0 Å². The van der Waals surface area contributed by atoms with Gasteiger partial charge < -0.3 is 9.30 Å². The molecule has 29 heavy (non-hydrogen) atoms. The van der Waals surface area contributed by atoms with Crippen molar-refractivity contribution in [2.45, 2.75) is 62.1 Å². The quantitative estimate of drug-likeness (QED) is 0.548. The largest absolute Gasteiger partial charge is 0.385 e. The predicted molar refractivity (Wildman–Crippen MR) is 110 cm³/mol. The molecule has 1 saturated carbocycles. The predicted octanol–water partition coefficient (Wildman–Crippen LogP) is 3.41. The first-order chi connectivity index (χ1) is 13.9. The van der Waals surface area contributed by atoms with Gasteiger partial charge in [0.1, 0.15) is 5.82 Å². The molecule has 0 atom stereocenters. The minimum atomic E-state index is -3.43. The van der Waals surface area contributed by atoms with Crippen molar-refractivity contribution in [2.75, 3.05) is 20.8 Å². The molecule has 2 aromatic rings. The number of aromatic nitrogens is 2. The van der Waals surface area contributed by atoms with Gasteiger partial charge in [-0.05, 0) is 44.0 Å². The number of hydrogen-bond donors (Lipinski definition) is 0. The maximum atomic E-state index is 13.1. The van der Waals surface area contributed by atoms with E-state index in [1.807, 2.05) is 11.6 Å². The van der Waals surface area contributed by atoms with Crippen molar-refractivity contribution < 1.29 is 17.5 Å². The van der Waals surface area contributed by atoms with Gasteiger partial charge in [-0.3, -0.25) is 4.90 Å². The SMILES string of the molecule is COCCCn1c(CN(C)Cc2ccc(F)cc2)cnc1S(=O)(=O)C1CCCC1. The number of ether oxygens (including phenoxy) is 1. The Morgan fingerprint density at radius 3 is 2.55 bits per heavy atom. The third-order valence-electron chi connectivity index (χ3n) is 5.42. The van der Waals surface area contributed by atoms with E-state index in [-0.39, 0.29) is 16.2 Å². The number of methoxy groups -OCH3 is 1. The zero-order valence-electron chi connectivity index (χ0n) is 17.2. The maximum Gasteiger partial charge on any atom is 0.228 e. The summed E-state index contributed by atoms with van der Waals surface area (Å²) < 4.78 is 46.4. The zero-order chi connectivity index (χ0) is 20.9. The van der Waals surface area contributed by atoms with Crippen LogP contribution in [0, 0.1) is 5.82 Å². The van der Waals surface area contributed by atoms with Crippen LogP contribution in [-0.2, 0) is 34.2 Å². The molecule has 1 fully saturated rings. The van der Waals surface area contributed by atoms with Crippen molar-refractivity contribution in [3.63, 3.8) is 0 Å². The molecule has 3 rings (SSSR count). The van der Waals surface area contributed by atoms with Crippen LogP contribution >= 0.6 is 0 Å². The fourth-order valence-corrected chi connectivity index (χ4v) is 5.90.